The van der Waals surface area contributed by atoms with Crippen molar-refractivity contribution in [1.82, 2.24) is 20.1 Å². The summed E-state index contributed by atoms with van der Waals surface area (Å²) >= 11 is 1.43. The number of hydrogen-bond acceptors (Lipinski definition) is 7. The fourth-order valence-corrected chi connectivity index (χ4v) is 4.56. The molecule has 0 amide bonds. The lowest BCUT2D eigenvalue weighted by Crippen LogP contribution is -2.39. The molecule has 164 valence electrons. The van der Waals surface area contributed by atoms with Crippen molar-refractivity contribution >= 4 is 22.4 Å². The minimum absolute atomic E-state index is 0.209. The third-order valence-corrected chi connectivity index (χ3v) is 6.24. The van der Waals surface area contributed by atoms with Crippen LogP contribution in [0.25, 0.3) is 22.0 Å². The summed E-state index contributed by atoms with van der Waals surface area (Å²) in [5.74, 6) is -0.0208. The van der Waals surface area contributed by atoms with E-state index in [2.05, 4.69) is 15.5 Å². The minimum atomic E-state index is -0.589. The molecule has 6 rings (SSSR count). The first-order valence-electron chi connectivity index (χ1n) is 10.5. The van der Waals surface area contributed by atoms with E-state index in [1.807, 2.05) is 97.1 Å². The number of fused-ring (bicyclic) bond motifs is 1. The molecule has 34 heavy (non-hydrogen) atoms. The maximum absolute atomic E-state index is 12.9. The monoisotopic (exact) mass is 464 g/mol. The number of allylic oxidation sites excluding steroid dienone is 1. The Balaban J connectivity index is 1.59. The highest BCUT2D eigenvalue weighted by Crippen LogP contribution is 2.37. The Morgan fingerprint density at radius 2 is 1.44 bits per heavy atom. The van der Waals surface area contributed by atoms with Crippen molar-refractivity contribution in [2.45, 2.75) is 5.16 Å². The fourth-order valence-electron chi connectivity index (χ4n) is 3.64. The number of nitrogens with zero attached hydrogens (tertiary/aromatic N) is 6. The third-order valence-electron chi connectivity index (χ3n) is 5.23. The first kappa shape index (κ1) is 20.1. The van der Waals surface area contributed by atoms with E-state index in [4.69, 9.17) is 9.62 Å². The lowest BCUT2D eigenvalue weighted by Gasteiger charge is -2.04. The second-order valence-electron chi connectivity index (χ2n) is 7.40. The molecule has 2 aromatic heterocycles. The van der Waals surface area contributed by atoms with Crippen LogP contribution in [0.15, 0.2) is 112 Å². The number of para-hydroxylation sites is 1. The van der Waals surface area contributed by atoms with Crippen LogP contribution in [0.3, 0.4) is 0 Å². The fraction of sp³-hybridized carbons (Fsp3) is 0. The molecule has 9 heteroatoms. The molecule has 0 spiro atoms. The SMILES string of the molecule is [O-]c1on[n+](-c2ccccc2)c1C1=Nn2c(nnc2-c2ccccc2)SC(c2ccccc2)=C1. The van der Waals surface area contributed by atoms with Crippen molar-refractivity contribution in [3.63, 3.8) is 0 Å². The molecule has 8 nitrogen and oxygen atoms in total. The van der Waals surface area contributed by atoms with Gasteiger partial charge in [0.15, 0.2) is 17.5 Å². The van der Waals surface area contributed by atoms with E-state index < -0.39 is 5.95 Å². The Bertz CT molecular complexity index is 1530. The summed E-state index contributed by atoms with van der Waals surface area (Å²) in [4.78, 5) is 0.866. The van der Waals surface area contributed by atoms with Gasteiger partial charge in [-0.3, -0.25) is 0 Å². The smallest absolute Gasteiger partial charge is 0.290 e. The molecule has 3 heterocycles. The van der Waals surface area contributed by atoms with E-state index in [0.29, 0.717) is 22.4 Å². The highest BCUT2D eigenvalue weighted by atomic mass is 32.2. The maximum Gasteiger partial charge on any atom is 0.290 e. The van der Waals surface area contributed by atoms with E-state index in [9.17, 15) is 5.11 Å². The largest absolute Gasteiger partial charge is 0.539 e. The molecule has 0 radical (unpaired) electrons. The zero-order chi connectivity index (χ0) is 22.9. The van der Waals surface area contributed by atoms with Gasteiger partial charge in [-0.15, -0.1) is 10.2 Å². The van der Waals surface area contributed by atoms with Crippen LogP contribution < -0.4 is 9.79 Å². The summed E-state index contributed by atoms with van der Waals surface area (Å²) in [6, 6.07) is 28.9. The van der Waals surface area contributed by atoms with Gasteiger partial charge in [-0.1, -0.05) is 78.9 Å². The van der Waals surface area contributed by atoms with Crippen molar-refractivity contribution in [2.24, 2.45) is 5.10 Å². The van der Waals surface area contributed by atoms with Gasteiger partial charge in [0.1, 0.15) is 0 Å². The summed E-state index contributed by atoms with van der Waals surface area (Å²) in [6.07, 6.45) is 1.86. The van der Waals surface area contributed by atoms with Crippen LogP contribution >= 0.6 is 11.8 Å². The van der Waals surface area contributed by atoms with Gasteiger partial charge in [0.05, 0.1) is 5.27 Å². The molecule has 5 aromatic rings. The third kappa shape index (κ3) is 3.57. The minimum Gasteiger partial charge on any atom is -0.539 e. The summed E-state index contributed by atoms with van der Waals surface area (Å²) in [5.41, 5.74) is 3.10. The standard InChI is InChI=1S/C25H16N6O2S/c32-24-22(30(29-33-24)19-14-8-3-9-15-19)20-16-21(17-10-4-1-5-11-17)34-25-27-26-23(31(25)28-20)18-12-6-2-7-13-18/h1-16H. The van der Waals surface area contributed by atoms with Crippen molar-refractivity contribution in [2.75, 3.05) is 0 Å². The highest BCUT2D eigenvalue weighted by molar-refractivity contribution is 8.08. The van der Waals surface area contributed by atoms with E-state index in [-0.39, 0.29) is 5.69 Å². The first-order chi connectivity index (χ1) is 16.8. The Morgan fingerprint density at radius 1 is 0.794 bits per heavy atom. The van der Waals surface area contributed by atoms with Gasteiger partial charge in [-0.05, 0) is 28.1 Å². The Hall–Kier alpha value is -4.50. The number of hydrogen-bond donors (Lipinski definition) is 0. The average Bonchev–Trinajstić information content (AvgIpc) is 3.42. The van der Waals surface area contributed by atoms with E-state index in [0.717, 1.165) is 16.0 Å². The average molecular weight is 465 g/mol. The molecule has 1 aliphatic rings. The quantitative estimate of drug-likeness (QED) is 0.377. The molecule has 1 aliphatic heterocycles. The highest BCUT2D eigenvalue weighted by Gasteiger charge is 2.29. The maximum atomic E-state index is 12.9. The van der Waals surface area contributed by atoms with Crippen molar-refractivity contribution in [3.8, 4) is 23.0 Å². The van der Waals surface area contributed by atoms with Crippen LogP contribution in [0.4, 0.5) is 0 Å². The van der Waals surface area contributed by atoms with Crippen LogP contribution in [0, 0.1) is 0 Å². The molecule has 0 saturated heterocycles. The second kappa shape index (κ2) is 8.45. The van der Waals surface area contributed by atoms with Crippen molar-refractivity contribution in [1.29, 1.82) is 0 Å². The van der Waals surface area contributed by atoms with E-state index >= 15 is 0 Å². The molecular formula is C25H16N6O2S. The van der Waals surface area contributed by atoms with Crippen LogP contribution in [-0.2, 0) is 0 Å². The Kier molecular flexibility index (Phi) is 5.00. The number of thioether (sulfide) groups is 1. The van der Waals surface area contributed by atoms with Crippen LogP contribution in [-0.4, -0.2) is 25.9 Å². The zero-order valence-electron chi connectivity index (χ0n) is 17.6. The van der Waals surface area contributed by atoms with E-state index in [1.54, 1.807) is 4.68 Å². The number of rotatable bonds is 4. The van der Waals surface area contributed by atoms with Gasteiger partial charge in [-0.25, -0.2) is 0 Å². The topological polar surface area (TPSA) is 96.0 Å². The molecule has 0 fully saturated rings. The summed E-state index contributed by atoms with van der Waals surface area (Å²) in [5, 5.41) is 31.0. The van der Waals surface area contributed by atoms with Crippen molar-refractivity contribution in [3.05, 3.63) is 108 Å². The summed E-state index contributed by atoms with van der Waals surface area (Å²) < 4.78 is 8.19. The lowest BCUT2D eigenvalue weighted by molar-refractivity contribution is -0.671. The molecule has 0 unspecified atom stereocenters. The van der Waals surface area contributed by atoms with Gasteiger partial charge in [0.25, 0.3) is 5.69 Å². The van der Waals surface area contributed by atoms with Crippen molar-refractivity contribution < 1.29 is 14.3 Å². The number of benzene rings is 3. The van der Waals surface area contributed by atoms with Gasteiger partial charge in [-0.2, -0.15) is 9.78 Å². The van der Waals surface area contributed by atoms with E-state index in [1.165, 1.54) is 16.4 Å². The van der Waals surface area contributed by atoms with Gasteiger partial charge in [0.2, 0.25) is 10.8 Å². The molecule has 0 N–H and O–H groups in total. The first-order valence-corrected chi connectivity index (χ1v) is 11.3. The lowest BCUT2D eigenvalue weighted by atomic mass is 10.1. The normalized spacial score (nSPS) is 13.1. The van der Waals surface area contributed by atoms with Crippen LogP contribution in [0.1, 0.15) is 11.3 Å². The van der Waals surface area contributed by atoms with Gasteiger partial charge in [0, 0.05) is 22.6 Å². The van der Waals surface area contributed by atoms with Gasteiger partial charge >= 0.3 is 0 Å². The molecule has 0 bridgehead atoms. The number of aromatic nitrogens is 5. The molecule has 0 saturated carbocycles. The van der Waals surface area contributed by atoms with Crippen LogP contribution in [0.2, 0.25) is 0 Å². The van der Waals surface area contributed by atoms with Crippen LogP contribution in [0.5, 0.6) is 5.95 Å². The summed E-state index contributed by atoms with van der Waals surface area (Å²) in [7, 11) is 0. The predicted octanol–water partition coefficient (Wildman–Crippen LogP) is 3.68. The molecule has 0 atom stereocenters. The van der Waals surface area contributed by atoms with Gasteiger partial charge < -0.3 is 9.63 Å². The Labute approximate surface area is 198 Å². The molecule has 3 aromatic carbocycles. The second-order valence-corrected chi connectivity index (χ2v) is 8.41. The molecular weight excluding hydrogens is 448 g/mol. The predicted molar refractivity (Wildman–Crippen MR) is 125 cm³/mol. The summed E-state index contributed by atoms with van der Waals surface area (Å²) in [6.45, 7) is 0. The zero-order valence-corrected chi connectivity index (χ0v) is 18.5. The Morgan fingerprint density at radius 3 is 2.15 bits per heavy atom. The molecule has 0 aliphatic carbocycles.